The zero-order valence-electron chi connectivity index (χ0n) is 4.05. The van der Waals surface area contributed by atoms with Gasteiger partial charge >= 0.3 is 0 Å². The second-order valence-corrected chi connectivity index (χ2v) is 2.06. The van der Waals surface area contributed by atoms with Crippen molar-refractivity contribution in [1.82, 2.24) is 4.83 Å². The molecule has 0 atom stereocenters. The van der Waals surface area contributed by atoms with Crippen LogP contribution in [0.1, 0.15) is 0 Å². The standard InChI is InChI=1S/C3H5N3OS/c4-3(7)2-1-8-6-5-2/h6H,1H2,(H2,4,7). The summed E-state index contributed by atoms with van der Waals surface area (Å²) in [5.41, 5.74) is 5.29. The molecule has 0 aromatic carbocycles. The van der Waals surface area contributed by atoms with Gasteiger partial charge in [0.2, 0.25) is 0 Å². The fourth-order valence-electron chi connectivity index (χ4n) is 0.347. The van der Waals surface area contributed by atoms with Crippen molar-refractivity contribution < 1.29 is 4.79 Å². The number of hydrogen-bond acceptors (Lipinski definition) is 4. The number of rotatable bonds is 1. The number of hydrazone groups is 1. The molecule has 1 heterocycles. The van der Waals surface area contributed by atoms with Crippen molar-refractivity contribution in [2.24, 2.45) is 10.8 Å². The van der Waals surface area contributed by atoms with Gasteiger partial charge < -0.3 is 5.73 Å². The van der Waals surface area contributed by atoms with Gasteiger partial charge in [-0.05, 0) is 11.9 Å². The molecule has 4 nitrogen and oxygen atoms in total. The molecule has 1 rings (SSSR count). The first-order valence-corrected chi connectivity index (χ1v) is 3.02. The van der Waals surface area contributed by atoms with Crippen LogP contribution in [0.4, 0.5) is 0 Å². The molecule has 0 aliphatic carbocycles. The molecular weight excluding hydrogens is 126 g/mol. The van der Waals surface area contributed by atoms with Crippen LogP contribution >= 0.6 is 11.9 Å². The fraction of sp³-hybridized carbons (Fsp3) is 0.333. The molecule has 0 saturated carbocycles. The Balaban J connectivity index is 2.57. The van der Waals surface area contributed by atoms with Crippen molar-refractivity contribution in [3.05, 3.63) is 0 Å². The van der Waals surface area contributed by atoms with E-state index in [-0.39, 0.29) is 0 Å². The number of primary amides is 1. The Morgan fingerprint density at radius 2 is 2.75 bits per heavy atom. The molecule has 0 bridgehead atoms. The average molecular weight is 131 g/mol. The molecule has 3 N–H and O–H groups in total. The van der Waals surface area contributed by atoms with Gasteiger partial charge in [0.05, 0.1) is 5.75 Å². The molecule has 1 aliphatic rings. The lowest BCUT2D eigenvalue weighted by molar-refractivity contribution is -0.112. The van der Waals surface area contributed by atoms with Gasteiger partial charge in [-0.3, -0.25) is 9.63 Å². The highest BCUT2D eigenvalue weighted by Gasteiger charge is 2.11. The van der Waals surface area contributed by atoms with Gasteiger partial charge in [0.15, 0.2) is 0 Å². The Labute approximate surface area is 50.6 Å². The molecule has 0 radical (unpaired) electrons. The summed E-state index contributed by atoms with van der Waals surface area (Å²) in [4.78, 5) is 12.8. The summed E-state index contributed by atoms with van der Waals surface area (Å²) in [5.74, 6) is 0.137. The highest BCUT2D eigenvalue weighted by atomic mass is 32.2. The van der Waals surface area contributed by atoms with E-state index >= 15 is 0 Å². The molecule has 44 valence electrons. The van der Waals surface area contributed by atoms with Crippen LogP contribution < -0.4 is 10.6 Å². The normalized spacial score (nSPS) is 17.2. The van der Waals surface area contributed by atoms with E-state index in [1.807, 2.05) is 0 Å². The Hall–Kier alpha value is -0.710. The second-order valence-electron chi connectivity index (χ2n) is 1.30. The first-order chi connectivity index (χ1) is 3.80. The summed E-state index contributed by atoms with van der Waals surface area (Å²) in [6, 6.07) is 0. The minimum atomic E-state index is -0.442. The maximum absolute atomic E-state index is 10.2. The average Bonchev–Trinajstić information content (AvgIpc) is 2.12. The number of nitrogens with two attached hydrogens (primary N) is 1. The molecule has 8 heavy (non-hydrogen) atoms. The summed E-state index contributed by atoms with van der Waals surface area (Å²) in [6.07, 6.45) is 0. The van der Waals surface area contributed by atoms with Crippen molar-refractivity contribution in [3.8, 4) is 0 Å². The predicted molar refractivity (Wildman–Crippen MR) is 32.2 cm³/mol. The number of amides is 1. The summed E-state index contributed by atoms with van der Waals surface area (Å²) >= 11 is 1.36. The van der Waals surface area contributed by atoms with E-state index in [4.69, 9.17) is 5.73 Å². The number of carbonyl (C=O) groups excluding carboxylic acids is 1. The van der Waals surface area contributed by atoms with Crippen molar-refractivity contribution in [1.29, 1.82) is 0 Å². The van der Waals surface area contributed by atoms with Crippen LogP contribution in [-0.2, 0) is 4.79 Å². The smallest absolute Gasteiger partial charge is 0.265 e. The van der Waals surface area contributed by atoms with Crippen LogP contribution in [0.15, 0.2) is 5.10 Å². The van der Waals surface area contributed by atoms with Gasteiger partial charge in [0.1, 0.15) is 5.71 Å². The van der Waals surface area contributed by atoms with Crippen LogP contribution in [0, 0.1) is 0 Å². The van der Waals surface area contributed by atoms with Crippen LogP contribution in [-0.4, -0.2) is 17.4 Å². The van der Waals surface area contributed by atoms with Gasteiger partial charge in [-0.2, -0.15) is 5.10 Å². The Kier molecular flexibility index (Phi) is 1.38. The minimum absolute atomic E-state index is 0.412. The SMILES string of the molecule is NC(=O)C1=NNSC1. The van der Waals surface area contributed by atoms with Gasteiger partial charge in [0, 0.05) is 0 Å². The molecule has 0 saturated heterocycles. The molecule has 0 aromatic rings. The van der Waals surface area contributed by atoms with Crippen LogP contribution in [0.2, 0.25) is 0 Å². The molecule has 0 aromatic heterocycles. The quantitative estimate of drug-likeness (QED) is 0.452. The summed E-state index contributed by atoms with van der Waals surface area (Å²) < 4.78 is 0. The van der Waals surface area contributed by atoms with Crippen molar-refractivity contribution in [2.75, 3.05) is 5.75 Å². The summed E-state index contributed by atoms with van der Waals surface area (Å²) in [5, 5.41) is 3.59. The first kappa shape index (κ1) is 5.43. The van der Waals surface area contributed by atoms with E-state index in [0.29, 0.717) is 11.5 Å². The van der Waals surface area contributed by atoms with E-state index in [0.717, 1.165) is 0 Å². The van der Waals surface area contributed by atoms with Crippen LogP contribution in [0.25, 0.3) is 0 Å². The molecule has 1 aliphatic heterocycles. The minimum Gasteiger partial charge on any atom is -0.364 e. The molecule has 0 spiro atoms. The molecular formula is C3H5N3OS. The Morgan fingerprint density at radius 3 is 3.00 bits per heavy atom. The monoisotopic (exact) mass is 131 g/mol. The van der Waals surface area contributed by atoms with E-state index in [2.05, 4.69) is 9.93 Å². The predicted octanol–water partition coefficient (Wildman–Crippen LogP) is -0.921. The van der Waals surface area contributed by atoms with Crippen molar-refractivity contribution >= 4 is 23.6 Å². The lowest BCUT2D eigenvalue weighted by atomic mass is 10.4. The number of nitrogens with zero attached hydrogens (tertiary/aromatic N) is 1. The molecule has 1 amide bonds. The molecule has 5 heteroatoms. The Morgan fingerprint density at radius 1 is 2.00 bits per heavy atom. The van der Waals surface area contributed by atoms with Crippen LogP contribution in [0.3, 0.4) is 0 Å². The van der Waals surface area contributed by atoms with Gasteiger partial charge in [0.25, 0.3) is 5.91 Å². The Bertz CT molecular complexity index is 143. The zero-order chi connectivity index (χ0) is 5.98. The number of hydrogen-bond donors (Lipinski definition) is 2. The maximum atomic E-state index is 10.2. The summed E-state index contributed by atoms with van der Waals surface area (Å²) in [6.45, 7) is 0. The van der Waals surface area contributed by atoms with E-state index in [1.165, 1.54) is 11.9 Å². The lowest BCUT2D eigenvalue weighted by Gasteiger charge is -1.83. The fourth-order valence-corrected chi connectivity index (χ4v) is 0.929. The third kappa shape index (κ3) is 0.919. The maximum Gasteiger partial charge on any atom is 0.265 e. The van der Waals surface area contributed by atoms with Gasteiger partial charge in [-0.25, -0.2) is 0 Å². The summed E-state index contributed by atoms with van der Waals surface area (Å²) in [7, 11) is 0. The number of nitrogens with one attached hydrogen (secondary N) is 1. The van der Waals surface area contributed by atoms with E-state index in [1.54, 1.807) is 0 Å². The number of carbonyl (C=O) groups is 1. The molecule has 0 fully saturated rings. The zero-order valence-corrected chi connectivity index (χ0v) is 4.86. The highest BCUT2D eigenvalue weighted by Crippen LogP contribution is 2.01. The van der Waals surface area contributed by atoms with E-state index < -0.39 is 5.91 Å². The lowest BCUT2D eigenvalue weighted by Crippen LogP contribution is -2.23. The third-order valence-corrected chi connectivity index (χ3v) is 1.38. The second kappa shape index (κ2) is 2.04. The third-order valence-electron chi connectivity index (χ3n) is 0.738. The largest absolute Gasteiger partial charge is 0.364 e. The van der Waals surface area contributed by atoms with Gasteiger partial charge in [-0.15, -0.1) is 0 Å². The van der Waals surface area contributed by atoms with Gasteiger partial charge in [-0.1, -0.05) is 0 Å². The highest BCUT2D eigenvalue weighted by molar-refractivity contribution is 7.98. The van der Waals surface area contributed by atoms with E-state index in [9.17, 15) is 4.79 Å². The van der Waals surface area contributed by atoms with Crippen molar-refractivity contribution in [2.45, 2.75) is 0 Å². The van der Waals surface area contributed by atoms with Crippen molar-refractivity contribution in [3.63, 3.8) is 0 Å². The molecule has 0 unspecified atom stereocenters. The first-order valence-electron chi connectivity index (χ1n) is 2.04. The topological polar surface area (TPSA) is 67.5 Å². The van der Waals surface area contributed by atoms with Crippen LogP contribution in [0.5, 0.6) is 0 Å².